The van der Waals surface area contributed by atoms with Gasteiger partial charge in [0.15, 0.2) is 5.92 Å². The molecule has 0 saturated carbocycles. The zero-order chi connectivity index (χ0) is 10.4. The number of rotatable bonds is 4. The van der Waals surface area contributed by atoms with Crippen LogP contribution in [0, 0.1) is 5.92 Å². The highest BCUT2D eigenvalue weighted by Gasteiger charge is 2.28. The van der Waals surface area contributed by atoms with Gasteiger partial charge in [-0.25, -0.2) is 0 Å². The smallest absolute Gasteiger partial charge is 0.320 e. The van der Waals surface area contributed by atoms with E-state index in [4.69, 9.17) is 0 Å². The highest BCUT2D eigenvalue weighted by Crippen LogP contribution is 2.18. The minimum atomic E-state index is -0.889. The second kappa shape index (κ2) is 5.95. The second-order valence-electron chi connectivity index (χ2n) is 2.32. The van der Waals surface area contributed by atoms with Gasteiger partial charge in [0.1, 0.15) is 0 Å². The van der Waals surface area contributed by atoms with Crippen LogP contribution >= 0.6 is 22.6 Å². The summed E-state index contributed by atoms with van der Waals surface area (Å²) in [5.74, 6) is -2.08. The lowest BCUT2D eigenvalue weighted by Gasteiger charge is -2.10. The van der Waals surface area contributed by atoms with E-state index >= 15 is 0 Å². The first-order valence-electron chi connectivity index (χ1n) is 3.51. The van der Waals surface area contributed by atoms with Gasteiger partial charge < -0.3 is 9.47 Å². The first-order valence-corrected chi connectivity index (χ1v) is 4.59. The fourth-order valence-electron chi connectivity index (χ4n) is 0.769. The molecule has 0 aromatic heterocycles. The Labute approximate surface area is 90.4 Å². The van der Waals surface area contributed by atoms with Crippen molar-refractivity contribution in [3.8, 4) is 0 Å². The predicted octanol–water partition coefficient (Wildman–Crippen LogP) is 1.29. The molecule has 13 heavy (non-hydrogen) atoms. The maximum atomic E-state index is 11.1. The van der Waals surface area contributed by atoms with Crippen molar-refractivity contribution in [3.63, 3.8) is 0 Å². The average molecular weight is 298 g/mol. The van der Waals surface area contributed by atoms with E-state index in [1.54, 1.807) is 0 Å². The van der Waals surface area contributed by atoms with Crippen LogP contribution in [0.2, 0.25) is 0 Å². The van der Waals surface area contributed by atoms with Gasteiger partial charge in [0.05, 0.1) is 14.2 Å². The van der Waals surface area contributed by atoms with Crippen LogP contribution in [0.15, 0.2) is 10.2 Å². The SMILES string of the molecule is C=C(I)CC(C(=O)OC)C(=O)OC. The van der Waals surface area contributed by atoms with Crippen LogP contribution in [0.25, 0.3) is 0 Å². The van der Waals surface area contributed by atoms with Crippen molar-refractivity contribution in [1.82, 2.24) is 0 Å². The van der Waals surface area contributed by atoms with E-state index in [1.807, 2.05) is 22.6 Å². The summed E-state index contributed by atoms with van der Waals surface area (Å²) < 4.78 is 9.61. The number of carbonyl (C=O) groups is 2. The molecule has 74 valence electrons. The van der Waals surface area contributed by atoms with Crippen LogP contribution in [0.5, 0.6) is 0 Å². The quantitative estimate of drug-likeness (QED) is 0.446. The molecule has 0 N–H and O–H groups in total. The van der Waals surface area contributed by atoms with Crippen LogP contribution in [-0.4, -0.2) is 26.2 Å². The van der Waals surface area contributed by atoms with E-state index in [0.717, 1.165) is 0 Å². The molecule has 0 bridgehead atoms. The molecule has 0 aliphatic rings. The van der Waals surface area contributed by atoms with Gasteiger partial charge in [-0.15, -0.1) is 0 Å². The summed E-state index contributed by atoms with van der Waals surface area (Å²) in [6.45, 7) is 3.60. The normalized spacial score (nSPS) is 9.54. The van der Waals surface area contributed by atoms with Crippen molar-refractivity contribution >= 4 is 34.5 Å². The molecular weight excluding hydrogens is 287 g/mol. The molecular formula is C8H11IO4. The lowest BCUT2D eigenvalue weighted by atomic mass is 10.1. The van der Waals surface area contributed by atoms with Crippen molar-refractivity contribution in [1.29, 1.82) is 0 Å². The lowest BCUT2D eigenvalue weighted by Crippen LogP contribution is -2.26. The van der Waals surface area contributed by atoms with Gasteiger partial charge in [-0.1, -0.05) is 6.58 Å². The van der Waals surface area contributed by atoms with Gasteiger partial charge in [-0.3, -0.25) is 9.59 Å². The fourth-order valence-corrected chi connectivity index (χ4v) is 1.21. The Bertz CT molecular complexity index is 208. The van der Waals surface area contributed by atoms with Crippen LogP contribution < -0.4 is 0 Å². The lowest BCUT2D eigenvalue weighted by molar-refractivity contribution is -0.158. The molecule has 4 nitrogen and oxygen atoms in total. The molecule has 0 spiro atoms. The summed E-state index contributed by atoms with van der Waals surface area (Å²) in [5, 5.41) is 0. The zero-order valence-electron chi connectivity index (χ0n) is 7.50. The Hall–Kier alpha value is -0.590. The number of methoxy groups -OCH3 is 2. The summed E-state index contributed by atoms with van der Waals surface area (Å²) in [4.78, 5) is 22.2. The number of esters is 2. The van der Waals surface area contributed by atoms with Crippen LogP contribution in [0.3, 0.4) is 0 Å². The standard InChI is InChI=1S/C8H11IO4/c1-5(9)4-6(7(10)12-2)8(11)13-3/h6H,1,4H2,2-3H3. The van der Waals surface area contributed by atoms with Gasteiger partial charge in [-0.2, -0.15) is 0 Å². The molecule has 0 fully saturated rings. The van der Waals surface area contributed by atoms with E-state index in [1.165, 1.54) is 14.2 Å². The highest BCUT2D eigenvalue weighted by atomic mass is 127. The molecule has 0 unspecified atom stereocenters. The Morgan fingerprint density at radius 1 is 1.31 bits per heavy atom. The average Bonchev–Trinajstić information content (AvgIpc) is 2.11. The molecule has 0 aromatic carbocycles. The van der Waals surface area contributed by atoms with Crippen molar-refractivity contribution in [2.45, 2.75) is 6.42 Å². The van der Waals surface area contributed by atoms with Crippen LogP contribution in [-0.2, 0) is 19.1 Å². The summed E-state index contributed by atoms with van der Waals surface area (Å²) in [6.07, 6.45) is 0.250. The number of hydrogen-bond acceptors (Lipinski definition) is 4. The molecule has 0 aliphatic heterocycles. The van der Waals surface area contributed by atoms with Gasteiger partial charge in [0.25, 0.3) is 0 Å². The second-order valence-corrected chi connectivity index (χ2v) is 3.85. The number of hydrogen-bond donors (Lipinski definition) is 0. The van der Waals surface area contributed by atoms with E-state index in [9.17, 15) is 9.59 Å². The molecule has 5 heteroatoms. The fraction of sp³-hybridized carbons (Fsp3) is 0.500. The van der Waals surface area contributed by atoms with Gasteiger partial charge >= 0.3 is 11.9 Å². The molecule has 0 radical (unpaired) electrons. The van der Waals surface area contributed by atoms with Gasteiger partial charge in [0.2, 0.25) is 0 Å². The van der Waals surface area contributed by atoms with Crippen LogP contribution in [0.1, 0.15) is 6.42 Å². The summed E-state index contributed by atoms with van der Waals surface area (Å²) in [6, 6.07) is 0. The van der Waals surface area contributed by atoms with E-state index in [-0.39, 0.29) is 6.42 Å². The minimum absolute atomic E-state index is 0.250. The molecule has 0 saturated heterocycles. The molecule has 0 aromatic rings. The Morgan fingerprint density at radius 2 is 1.69 bits per heavy atom. The largest absolute Gasteiger partial charge is 0.468 e. The van der Waals surface area contributed by atoms with Crippen LogP contribution in [0.4, 0.5) is 0 Å². The van der Waals surface area contributed by atoms with Gasteiger partial charge in [0, 0.05) is 6.42 Å². The highest BCUT2D eigenvalue weighted by molar-refractivity contribution is 14.1. The molecule has 0 amide bonds. The summed E-state index contributed by atoms with van der Waals surface area (Å²) in [5.41, 5.74) is 0. The first kappa shape index (κ1) is 12.4. The van der Waals surface area contributed by atoms with Gasteiger partial charge in [-0.05, 0) is 26.2 Å². The van der Waals surface area contributed by atoms with Crippen molar-refractivity contribution in [2.75, 3.05) is 14.2 Å². The molecule has 0 heterocycles. The zero-order valence-corrected chi connectivity index (χ0v) is 9.66. The Kier molecular flexibility index (Phi) is 5.68. The third-order valence-corrected chi connectivity index (χ3v) is 1.84. The number of halogens is 1. The Balaban J connectivity index is 4.45. The molecule has 0 atom stereocenters. The summed E-state index contributed by atoms with van der Waals surface area (Å²) in [7, 11) is 2.46. The number of carbonyl (C=O) groups excluding carboxylic acids is 2. The third kappa shape index (κ3) is 4.25. The minimum Gasteiger partial charge on any atom is -0.468 e. The monoisotopic (exact) mass is 298 g/mol. The van der Waals surface area contributed by atoms with E-state index in [0.29, 0.717) is 3.58 Å². The maximum Gasteiger partial charge on any atom is 0.320 e. The predicted molar refractivity (Wildman–Crippen MR) is 55.3 cm³/mol. The van der Waals surface area contributed by atoms with E-state index < -0.39 is 17.9 Å². The maximum absolute atomic E-state index is 11.1. The van der Waals surface area contributed by atoms with Crippen molar-refractivity contribution in [3.05, 3.63) is 10.2 Å². The van der Waals surface area contributed by atoms with E-state index in [2.05, 4.69) is 16.1 Å². The van der Waals surface area contributed by atoms with Crippen molar-refractivity contribution in [2.24, 2.45) is 5.92 Å². The summed E-state index contributed by atoms with van der Waals surface area (Å²) >= 11 is 1.95. The third-order valence-electron chi connectivity index (χ3n) is 1.40. The molecule has 0 rings (SSSR count). The molecule has 0 aliphatic carbocycles. The number of ether oxygens (including phenoxy) is 2. The number of allylic oxidation sites excluding steroid dienone is 1. The first-order chi connectivity index (χ1) is 6.02. The van der Waals surface area contributed by atoms with Crippen molar-refractivity contribution < 1.29 is 19.1 Å². The Morgan fingerprint density at radius 3 is 1.92 bits per heavy atom. The topological polar surface area (TPSA) is 52.6 Å².